The predicted octanol–water partition coefficient (Wildman–Crippen LogP) is 3.23. The van der Waals surface area contributed by atoms with Gasteiger partial charge in [0.15, 0.2) is 6.29 Å². The van der Waals surface area contributed by atoms with E-state index in [9.17, 15) is 9.59 Å². The zero-order valence-electron chi connectivity index (χ0n) is 11.2. The molecule has 0 saturated carbocycles. The minimum atomic E-state index is -0.642. The first kappa shape index (κ1) is 14.4. The van der Waals surface area contributed by atoms with Gasteiger partial charge in [-0.3, -0.25) is 10.1 Å². The van der Waals surface area contributed by atoms with Crippen LogP contribution in [0.2, 0.25) is 0 Å². The lowest BCUT2D eigenvalue weighted by molar-refractivity contribution is 0.112. The molecule has 0 aliphatic carbocycles. The molecule has 0 unspecified atom stereocenters. The highest BCUT2D eigenvalue weighted by Gasteiger charge is 2.08. The molecule has 0 saturated heterocycles. The van der Waals surface area contributed by atoms with Crippen LogP contribution in [0.25, 0.3) is 0 Å². The van der Waals surface area contributed by atoms with Gasteiger partial charge in [0, 0.05) is 11.1 Å². The lowest BCUT2D eigenvalue weighted by atomic mass is 10.1. The number of hydrogen-bond acceptors (Lipinski definition) is 3. The summed E-state index contributed by atoms with van der Waals surface area (Å²) < 4.78 is 5.09. The smallest absolute Gasteiger partial charge is 0.411 e. The van der Waals surface area contributed by atoms with Crippen LogP contribution < -0.4 is 5.32 Å². The average molecular weight is 279 g/mol. The normalized spacial score (nSPS) is 9.48. The number of hydrogen-bond donors (Lipinski definition) is 1. The molecule has 1 N–H and O–H groups in total. The molecule has 0 aliphatic heterocycles. The number of carbonyl (C=O) groups excluding carboxylic acids is 2. The largest absolute Gasteiger partial charge is 0.444 e. The molecule has 21 heavy (non-hydrogen) atoms. The maximum absolute atomic E-state index is 11.8. The maximum atomic E-state index is 11.8. The Morgan fingerprint density at radius 3 is 2.67 bits per heavy atom. The summed E-state index contributed by atoms with van der Waals surface area (Å²) in [5.74, 6) is 2.44. The van der Waals surface area contributed by atoms with Crippen molar-refractivity contribution in [2.24, 2.45) is 0 Å². The second kappa shape index (κ2) is 6.92. The lowest BCUT2D eigenvalue weighted by Gasteiger charge is -2.09. The van der Waals surface area contributed by atoms with E-state index in [1.165, 1.54) is 0 Å². The topological polar surface area (TPSA) is 55.4 Å². The van der Waals surface area contributed by atoms with Gasteiger partial charge in [0.1, 0.15) is 6.61 Å². The van der Waals surface area contributed by atoms with Crippen molar-refractivity contribution in [3.63, 3.8) is 0 Å². The van der Waals surface area contributed by atoms with Gasteiger partial charge in [-0.05, 0) is 23.8 Å². The fourth-order valence-corrected chi connectivity index (χ4v) is 1.73. The Morgan fingerprint density at radius 1 is 1.24 bits per heavy atom. The molecule has 0 fully saturated rings. The minimum Gasteiger partial charge on any atom is -0.444 e. The molecule has 4 heteroatoms. The summed E-state index contributed by atoms with van der Waals surface area (Å²) in [7, 11) is 0. The molecule has 0 atom stereocenters. The molecular weight excluding hydrogens is 266 g/mol. The zero-order valence-corrected chi connectivity index (χ0v) is 11.2. The molecule has 2 aromatic carbocycles. The van der Waals surface area contributed by atoms with Gasteiger partial charge in [-0.1, -0.05) is 36.3 Å². The van der Waals surface area contributed by atoms with Crippen molar-refractivity contribution in [2.45, 2.75) is 6.61 Å². The van der Waals surface area contributed by atoms with Crippen molar-refractivity contribution in [3.8, 4) is 12.3 Å². The van der Waals surface area contributed by atoms with Crippen LogP contribution in [0.5, 0.6) is 0 Å². The van der Waals surface area contributed by atoms with Crippen molar-refractivity contribution in [1.82, 2.24) is 0 Å². The quantitative estimate of drug-likeness (QED) is 0.690. The van der Waals surface area contributed by atoms with E-state index in [2.05, 4.69) is 11.2 Å². The van der Waals surface area contributed by atoms with Gasteiger partial charge in [-0.2, -0.15) is 0 Å². The molecular formula is C17H13NO3. The van der Waals surface area contributed by atoms with Gasteiger partial charge in [0.05, 0.1) is 5.69 Å². The summed E-state index contributed by atoms with van der Waals surface area (Å²) in [6, 6.07) is 14.0. The number of aldehydes is 1. The molecule has 0 bridgehead atoms. The summed E-state index contributed by atoms with van der Waals surface area (Å²) in [5.41, 5.74) is 2.11. The molecule has 4 nitrogen and oxygen atoms in total. The third-order valence-electron chi connectivity index (χ3n) is 2.80. The Hall–Kier alpha value is -3.06. The van der Waals surface area contributed by atoms with Gasteiger partial charge >= 0.3 is 6.09 Å². The predicted molar refractivity (Wildman–Crippen MR) is 80.0 cm³/mol. The summed E-state index contributed by atoms with van der Waals surface area (Å²) in [6.45, 7) is 0.151. The van der Waals surface area contributed by atoms with E-state index < -0.39 is 6.09 Å². The van der Waals surface area contributed by atoms with Crippen molar-refractivity contribution in [1.29, 1.82) is 0 Å². The Bertz CT molecular complexity index is 687. The van der Waals surface area contributed by atoms with E-state index in [-0.39, 0.29) is 6.61 Å². The number of amides is 1. The first-order valence-corrected chi connectivity index (χ1v) is 6.26. The highest BCUT2D eigenvalue weighted by atomic mass is 16.5. The average Bonchev–Trinajstić information content (AvgIpc) is 2.54. The SMILES string of the molecule is C#Cc1ccc(C=O)c(NC(=O)OCc2ccccc2)c1. The number of rotatable bonds is 4. The Labute approximate surface area is 122 Å². The number of nitrogens with one attached hydrogen (secondary N) is 1. The van der Waals surface area contributed by atoms with Gasteiger partial charge in [-0.25, -0.2) is 4.79 Å². The van der Waals surface area contributed by atoms with Crippen LogP contribution in [-0.2, 0) is 11.3 Å². The molecule has 2 rings (SSSR count). The molecule has 0 aromatic heterocycles. The lowest BCUT2D eigenvalue weighted by Crippen LogP contribution is -2.14. The second-order valence-electron chi connectivity index (χ2n) is 4.25. The van der Waals surface area contributed by atoms with E-state index in [4.69, 9.17) is 11.2 Å². The monoisotopic (exact) mass is 279 g/mol. The number of terminal acetylenes is 1. The summed E-state index contributed by atoms with van der Waals surface area (Å²) >= 11 is 0. The van der Waals surface area contributed by atoms with E-state index in [1.54, 1.807) is 18.2 Å². The van der Waals surface area contributed by atoms with E-state index >= 15 is 0 Å². The highest BCUT2D eigenvalue weighted by molar-refractivity contribution is 5.93. The minimum absolute atomic E-state index is 0.151. The van der Waals surface area contributed by atoms with Crippen LogP contribution in [0.3, 0.4) is 0 Å². The molecule has 0 radical (unpaired) electrons. The molecule has 104 valence electrons. The summed E-state index contributed by atoms with van der Waals surface area (Å²) in [5, 5.41) is 2.52. The molecule has 0 spiro atoms. The number of ether oxygens (including phenoxy) is 1. The van der Waals surface area contributed by atoms with Crippen molar-refractivity contribution in [2.75, 3.05) is 5.32 Å². The number of anilines is 1. The van der Waals surface area contributed by atoms with E-state index in [0.717, 1.165) is 5.56 Å². The Balaban J connectivity index is 2.02. The van der Waals surface area contributed by atoms with E-state index in [0.29, 0.717) is 23.1 Å². The van der Waals surface area contributed by atoms with Crippen molar-refractivity contribution < 1.29 is 14.3 Å². The molecule has 0 aliphatic rings. The molecule has 0 heterocycles. The van der Waals surface area contributed by atoms with Crippen LogP contribution in [0.4, 0.5) is 10.5 Å². The van der Waals surface area contributed by atoms with Crippen molar-refractivity contribution in [3.05, 3.63) is 65.2 Å². The maximum Gasteiger partial charge on any atom is 0.411 e. The van der Waals surface area contributed by atoms with Crippen molar-refractivity contribution >= 4 is 18.1 Å². The van der Waals surface area contributed by atoms with E-state index in [1.807, 2.05) is 30.3 Å². The standard InChI is InChI=1S/C17H13NO3/c1-2-13-8-9-15(11-19)16(10-13)18-17(20)21-12-14-6-4-3-5-7-14/h1,3-11H,12H2,(H,18,20). The fraction of sp³-hybridized carbons (Fsp3) is 0.0588. The third kappa shape index (κ3) is 3.95. The zero-order chi connectivity index (χ0) is 15.1. The van der Waals surface area contributed by atoms with Gasteiger partial charge in [0.25, 0.3) is 0 Å². The first-order valence-electron chi connectivity index (χ1n) is 6.26. The van der Waals surface area contributed by atoms with Crippen LogP contribution in [-0.4, -0.2) is 12.4 Å². The Morgan fingerprint density at radius 2 is 2.00 bits per heavy atom. The van der Waals surface area contributed by atoms with Crippen LogP contribution in [0.1, 0.15) is 21.5 Å². The van der Waals surface area contributed by atoms with Gasteiger partial charge in [-0.15, -0.1) is 6.42 Å². The van der Waals surface area contributed by atoms with Crippen LogP contribution >= 0.6 is 0 Å². The van der Waals surface area contributed by atoms with Crippen LogP contribution in [0, 0.1) is 12.3 Å². The second-order valence-corrected chi connectivity index (χ2v) is 4.25. The number of benzene rings is 2. The highest BCUT2D eigenvalue weighted by Crippen LogP contribution is 2.16. The summed E-state index contributed by atoms with van der Waals surface area (Å²) in [6.07, 6.45) is 5.30. The Kier molecular flexibility index (Phi) is 4.73. The molecule has 1 amide bonds. The van der Waals surface area contributed by atoms with Crippen LogP contribution in [0.15, 0.2) is 48.5 Å². The third-order valence-corrected chi connectivity index (χ3v) is 2.80. The number of carbonyl (C=O) groups is 2. The summed E-state index contributed by atoms with van der Waals surface area (Å²) in [4.78, 5) is 22.7. The van der Waals surface area contributed by atoms with Gasteiger partial charge in [0.2, 0.25) is 0 Å². The fourth-order valence-electron chi connectivity index (χ4n) is 1.73. The first-order chi connectivity index (χ1) is 10.2. The van der Waals surface area contributed by atoms with Gasteiger partial charge < -0.3 is 4.74 Å². The molecule has 2 aromatic rings.